The molecule has 0 rings (SSSR count). The molecule has 6 heteroatoms. The highest BCUT2D eigenvalue weighted by Crippen LogP contribution is 1.86. The number of hydrogen-bond acceptors (Lipinski definition) is 3. The molecule has 0 radical (unpaired) electrons. The van der Waals surface area contributed by atoms with E-state index in [2.05, 4.69) is 31.9 Å². The van der Waals surface area contributed by atoms with Gasteiger partial charge in [-0.2, -0.15) is 0 Å². The summed E-state index contributed by atoms with van der Waals surface area (Å²) in [6, 6.07) is 0. The highest BCUT2D eigenvalue weighted by atomic mass is 79.9. The minimum absolute atomic E-state index is 0.0208. The molecule has 0 heterocycles. The van der Waals surface area contributed by atoms with Crippen LogP contribution in [0, 0.1) is 0 Å². The first-order valence-electron chi connectivity index (χ1n) is 3.80. The summed E-state index contributed by atoms with van der Waals surface area (Å²) in [5, 5.41) is -0.273. The van der Waals surface area contributed by atoms with Gasteiger partial charge in [0.15, 0.2) is 9.39 Å². The summed E-state index contributed by atoms with van der Waals surface area (Å²) in [6.45, 7) is 4.96. The summed E-state index contributed by atoms with van der Waals surface area (Å²) in [5.41, 5.74) is 0. The zero-order valence-electron chi connectivity index (χ0n) is 8.27. The van der Waals surface area contributed by atoms with Crippen LogP contribution in [-0.2, 0) is 14.4 Å². The predicted octanol–water partition coefficient (Wildman–Crippen LogP) is 3.41. The van der Waals surface area contributed by atoms with Crippen LogP contribution in [0.4, 0.5) is 0 Å². The van der Waals surface area contributed by atoms with E-state index in [1.807, 2.05) is 0 Å². The van der Waals surface area contributed by atoms with E-state index in [0.717, 1.165) is 0 Å². The molecule has 0 aliphatic heterocycles. The van der Waals surface area contributed by atoms with Crippen LogP contribution in [0.3, 0.4) is 0 Å². The Kier molecular flexibility index (Phi) is 22.2. The zero-order chi connectivity index (χ0) is 12.1. The van der Waals surface area contributed by atoms with Crippen molar-refractivity contribution in [1.82, 2.24) is 0 Å². The van der Waals surface area contributed by atoms with Crippen molar-refractivity contribution in [3.05, 3.63) is 0 Å². The molecule has 0 aromatic carbocycles. The monoisotopic (exact) mass is 350 g/mol. The van der Waals surface area contributed by atoms with Gasteiger partial charge in [0, 0.05) is 19.8 Å². The molecule has 0 aromatic heterocycles. The molecule has 0 atom stereocenters. The van der Waals surface area contributed by atoms with Crippen LogP contribution in [0.25, 0.3) is 0 Å². The molecule has 0 saturated heterocycles. The number of carbonyl (C=O) groups is 3. The predicted molar refractivity (Wildman–Crippen MR) is 65.0 cm³/mol. The Morgan fingerprint density at radius 2 is 1.21 bits per heavy atom. The van der Waals surface area contributed by atoms with E-state index < -0.39 is 0 Å². The molecule has 0 spiro atoms. The maximum absolute atomic E-state index is 9.73. The molecule has 0 amide bonds. The van der Waals surface area contributed by atoms with Gasteiger partial charge in [-0.15, -0.1) is 0 Å². The number of carbonyl (C=O) groups excluding carboxylic acids is 3. The van der Waals surface area contributed by atoms with Gasteiger partial charge in [0.1, 0.15) is 0 Å². The van der Waals surface area contributed by atoms with Crippen LogP contribution in [0.15, 0.2) is 0 Å². The second-order valence-corrected chi connectivity index (χ2v) is 4.31. The lowest BCUT2D eigenvalue weighted by Crippen LogP contribution is -1.74. The highest BCUT2D eigenvalue weighted by molar-refractivity contribution is 9.18. The van der Waals surface area contributed by atoms with Gasteiger partial charge in [-0.3, -0.25) is 14.4 Å². The average molecular weight is 352 g/mol. The van der Waals surface area contributed by atoms with Crippen LogP contribution in [-0.4, -0.2) is 14.6 Å². The van der Waals surface area contributed by atoms with Crippen molar-refractivity contribution in [2.75, 3.05) is 0 Å². The van der Waals surface area contributed by atoms with Gasteiger partial charge in [-0.1, -0.05) is 13.8 Å². The highest BCUT2D eigenvalue weighted by Gasteiger charge is 1.81. The molecule has 14 heavy (non-hydrogen) atoms. The quantitative estimate of drug-likeness (QED) is 0.716. The summed E-state index contributed by atoms with van der Waals surface area (Å²) in [6.07, 6.45) is 1.02. The third-order valence-electron chi connectivity index (χ3n) is 0.556. The van der Waals surface area contributed by atoms with Crippen molar-refractivity contribution in [1.29, 1.82) is 0 Å². The van der Waals surface area contributed by atoms with Crippen molar-refractivity contribution >= 4 is 58.1 Å². The lowest BCUT2D eigenvalue weighted by atomic mass is 10.6. The maximum atomic E-state index is 9.73. The van der Waals surface area contributed by atoms with Crippen LogP contribution in [0.5, 0.6) is 0 Å². The molecule has 0 aromatic rings. The van der Waals surface area contributed by atoms with Crippen LogP contribution >= 0.6 is 43.5 Å². The van der Waals surface area contributed by atoms with E-state index >= 15 is 0 Å². The third kappa shape index (κ3) is 85.7. The van der Waals surface area contributed by atoms with E-state index in [9.17, 15) is 14.4 Å². The second kappa shape index (κ2) is 15.7. The normalized spacial score (nSPS) is 7.29. The fraction of sp³-hybridized carbons (Fsp3) is 0.625. The Hall–Kier alpha value is 0.260. The molecular weight excluding hydrogens is 339 g/mol. The van der Waals surface area contributed by atoms with E-state index in [1.54, 1.807) is 13.8 Å². The molecule has 3 nitrogen and oxygen atoms in total. The minimum atomic E-state index is -0.273. The zero-order valence-corrected chi connectivity index (χ0v) is 12.2. The molecule has 0 N–H and O–H groups in total. The Balaban J connectivity index is -0.000000131. The van der Waals surface area contributed by atoms with Gasteiger partial charge in [0.2, 0.25) is 5.24 Å². The van der Waals surface area contributed by atoms with Gasteiger partial charge in [-0.25, -0.2) is 0 Å². The molecule has 0 unspecified atom stereocenters. The fourth-order valence-electron chi connectivity index (χ4n) is 0. The molecular formula is C8H13Br2ClO3. The summed E-state index contributed by atoms with van der Waals surface area (Å²) >= 11 is 10.2. The van der Waals surface area contributed by atoms with Gasteiger partial charge in [-0.05, 0) is 43.5 Å². The summed E-state index contributed by atoms with van der Waals surface area (Å²) in [4.78, 5) is 28.7. The van der Waals surface area contributed by atoms with Crippen molar-refractivity contribution in [2.24, 2.45) is 0 Å². The fourth-order valence-corrected chi connectivity index (χ4v) is 0. The van der Waals surface area contributed by atoms with E-state index in [1.165, 1.54) is 6.92 Å². The van der Waals surface area contributed by atoms with Crippen molar-refractivity contribution in [2.45, 2.75) is 33.6 Å². The number of rotatable bonds is 2. The Labute approximate surface area is 106 Å². The summed E-state index contributed by atoms with van der Waals surface area (Å²) < 4.78 is 0.0463. The van der Waals surface area contributed by atoms with E-state index in [4.69, 9.17) is 11.6 Å². The van der Waals surface area contributed by atoms with Crippen LogP contribution < -0.4 is 0 Å². The van der Waals surface area contributed by atoms with Gasteiger partial charge in [0.25, 0.3) is 0 Å². The van der Waals surface area contributed by atoms with Crippen molar-refractivity contribution < 1.29 is 14.4 Å². The first-order chi connectivity index (χ1) is 6.27. The van der Waals surface area contributed by atoms with Gasteiger partial charge < -0.3 is 0 Å². The number of hydrogen-bond donors (Lipinski definition) is 0. The van der Waals surface area contributed by atoms with Crippen molar-refractivity contribution in [3.8, 4) is 0 Å². The maximum Gasteiger partial charge on any atom is 0.221 e. The first-order valence-corrected chi connectivity index (χ1v) is 5.76. The average Bonchev–Trinajstić information content (AvgIpc) is 2.04. The molecule has 0 fully saturated rings. The lowest BCUT2D eigenvalue weighted by Gasteiger charge is -1.68. The summed E-state index contributed by atoms with van der Waals surface area (Å²) in [7, 11) is 0. The Bertz CT molecular complexity index is 165. The second-order valence-electron chi connectivity index (χ2n) is 1.89. The molecule has 0 bridgehead atoms. The smallest absolute Gasteiger partial charge is 0.221 e. The Morgan fingerprint density at radius 3 is 1.21 bits per heavy atom. The molecule has 84 valence electrons. The first kappa shape index (κ1) is 19.8. The topological polar surface area (TPSA) is 51.2 Å². The standard InChI is InChI=1S/C3H5BrO.C3H5ClO.C2H3BrO/c2*1-2-3(4)5;1-2(3)4/h2*2H2,1H3;1H3. The van der Waals surface area contributed by atoms with Gasteiger partial charge in [0.05, 0.1) is 0 Å². The largest absolute Gasteiger partial charge is 0.287 e. The Morgan fingerprint density at radius 1 is 1.07 bits per heavy atom. The van der Waals surface area contributed by atoms with Crippen molar-refractivity contribution in [3.63, 3.8) is 0 Å². The number of halogens is 3. The minimum Gasteiger partial charge on any atom is -0.287 e. The SMILES string of the molecule is CC(=O)Br.CCC(=O)Br.CCC(=O)Cl. The molecule has 0 aliphatic carbocycles. The van der Waals surface area contributed by atoms with Gasteiger partial charge >= 0.3 is 0 Å². The molecule has 0 saturated carbocycles. The summed E-state index contributed by atoms with van der Waals surface area (Å²) in [5.74, 6) is 0. The van der Waals surface area contributed by atoms with E-state index in [0.29, 0.717) is 12.8 Å². The van der Waals surface area contributed by atoms with Crippen LogP contribution in [0.2, 0.25) is 0 Å². The van der Waals surface area contributed by atoms with Crippen LogP contribution in [0.1, 0.15) is 33.6 Å². The molecule has 0 aliphatic rings. The third-order valence-corrected chi connectivity index (χ3v) is 1.38. The van der Waals surface area contributed by atoms with E-state index in [-0.39, 0.29) is 14.6 Å². The lowest BCUT2D eigenvalue weighted by molar-refractivity contribution is -0.111.